The van der Waals surface area contributed by atoms with Crippen molar-refractivity contribution < 1.29 is 25.2 Å². The maximum atomic E-state index is 10.2. The molecule has 0 rings (SSSR count). The molecule has 0 aromatic heterocycles. The zero-order valence-corrected chi connectivity index (χ0v) is 5.52. The maximum Gasteiger partial charge on any atom is 0.276 e. The van der Waals surface area contributed by atoms with Gasteiger partial charge in [0, 0.05) is 0 Å². The van der Waals surface area contributed by atoms with Gasteiger partial charge in [-0.15, -0.1) is 0 Å². The van der Waals surface area contributed by atoms with Gasteiger partial charge in [-0.1, -0.05) is 0 Å². The smallest absolute Gasteiger partial charge is 0.276 e. The van der Waals surface area contributed by atoms with Crippen LogP contribution in [0, 0.1) is 6.29 Å². The number of hydrogen-bond acceptors (Lipinski definition) is 4. The van der Waals surface area contributed by atoms with E-state index in [1.807, 2.05) is 0 Å². The average Bonchev–Trinajstić information content (AvgIpc) is 1.82. The Morgan fingerprint density at radius 2 is 2.10 bits per heavy atom. The number of aliphatic hydroxyl groups excluding tert-OH is 2. The molecule has 0 aliphatic carbocycles. The third-order valence-electron chi connectivity index (χ3n) is 0.710. The average molecular weight is 150 g/mol. The SMILES string of the molecule is CC([O])COC(O)[C](O)O. The molecule has 0 bridgehead atoms. The Morgan fingerprint density at radius 3 is 2.40 bits per heavy atom. The van der Waals surface area contributed by atoms with Crippen molar-refractivity contribution >= 4 is 0 Å². The van der Waals surface area contributed by atoms with E-state index in [0.717, 1.165) is 0 Å². The molecule has 0 aliphatic rings. The lowest BCUT2D eigenvalue weighted by atomic mass is 10.4. The van der Waals surface area contributed by atoms with E-state index in [1.54, 1.807) is 0 Å². The highest BCUT2D eigenvalue weighted by molar-refractivity contribution is 4.61. The Labute approximate surface area is 58.5 Å². The van der Waals surface area contributed by atoms with Gasteiger partial charge in [0.15, 0.2) is 0 Å². The highest BCUT2D eigenvalue weighted by atomic mass is 16.6. The van der Waals surface area contributed by atoms with Gasteiger partial charge in [0.25, 0.3) is 6.29 Å². The van der Waals surface area contributed by atoms with E-state index in [1.165, 1.54) is 6.92 Å². The van der Waals surface area contributed by atoms with Gasteiger partial charge in [-0.05, 0) is 6.92 Å². The third kappa shape index (κ3) is 4.66. The Kier molecular flexibility index (Phi) is 4.50. The van der Waals surface area contributed by atoms with Gasteiger partial charge in [0.2, 0.25) is 6.29 Å². The molecule has 5 heteroatoms. The van der Waals surface area contributed by atoms with Crippen LogP contribution in [-0.4, -0.2) is 34.3 Å². The van der Waals surface area contributed by atoms with E-state index in [9.17, 15) is 5.11 Å². The molecule has 3 N–H and O–H groups in total. The van der Waals surface area contributed by atoms with Gasteiger partial charge < -0.3 is 20.1 Å². The van der Waals surface area contributed by atoms with Crippen molar-refractivity contribution in [3.63, 3.8) is 0 Å². The molecule has 2 atom stereocenters. The molecule has 0 aliphatic heterocycles. The van der Waals surface area contributed by atoms with Crippen LogP contribution in [0.25, 0.3) is 0 Å². The van der Waals surface area contributed by atoms with Crippen LogP contribution in [0.4, 0.5) is 0 Å². The monoisotopic (exact) mass is 150 g/mol. The van der Waals surface area contributed by atoms with Crippen LogP contribution in [0.5, 0.6) is 0 Å². The highest BCUT2D eigenvalue weighted by Crippen LogP contribution is 1.99. The summed E-state index contributed by atoms with van der Waals surface area (Å²) in [6.07, 6.45) is -3.99. The van der Waals surface area contributed by atoms with Crippen LogP contribution in [0.3, 0.4) is 0 Å². The molecular formula is C5H10O5. The molecule has 0 amide bonds. The minimum Gasteiger partial charge on any atom is -0.364 e. The summed E-state index contributed by atoms with van der Waals surface area (Å²) in [5.41, 5.74) is 0. The topological polar surface area (TPSA) is 89.8 Å². The second-order valence-electron chi connectivity index (χ2n) is 1.85. The summed E-state index contributed by atoms with van der Waals surface area (Å²) in [7, 11) is 0. The van der Waals surface area contributed by atoms with Gasteiger partial charge in [-0.25, -0.2) is 5.11 Å². The predicted octanol–water partition coefficient (Wildman–Crippen LogP) is -0.625. The van der Waals surface area contributed by atoms with Crippen molar-refractivity contribution in [3.05, 3.63) is 6.29 Å². The molecule has 0 saturated heterocycles. The summed E-state index contributed by atoms with van der Waals surface area (Å²) < 4.78 is 4.27. The van der Waals surface area contributed by atoms with Gasteiger partial charge in [-0.3, -0.25) is 0 Å². The number of hydrogen-bond donors (Lipinski definition) is 3. The van der Waals surface area contributed by atoms with Crippen molar-refractivity contribution in [2.75, 3.05) is 6.61 Å². The molecule has 0 saturated carbocycles. The second-order valence-corrected chi connectivity index (χ2v) is 1.85. The first-order valence-electron chi connectivity index (χ1n) is 2.74. The van der Waals surface area contributed by atoms with Crippen molar-refractivity contribution in [2.45, 2.75) is 19.3 Å². The third-order valence-corrected chi connectivity index (χ3v) is 0.710. The predicted molar refractivity (Wildman–Crippen MR) is 29.2 cm³/mol. The summed E-state index contributed by atoms with van der Waals surface area (Å²) in [4.78, 5) is 0. The Hall–Kier alpha value is -0.200. The van der Waals surface area contributed by atoms with Crippen molar-refractivity contribution in [3.8, 4) is 0 Å². The van der Waals surface area contributed by atoms with Crippen molar-refractivity contribution in [1.29, 1.82) is 0 Å². The largest absolute Gasteiger partial charge is 0.364 e. The van der Waals surface area contributed by atoms with Gasteiger partial charge in [0.1, 0.15) is 6.10 Å². The molecule has 0 fully saturated rings. The Morgan fingerprint density at radius 1 is 1.60 bits per heavy atom. The normalized spacial score (nSPS) is 17.4. The lowest BCUT2D eigenvalue weighted by molar-refractivity contribution is -0.182. The molecular weight excluding hydrogens is 140 g/mol. The van der Waals surface area contributed by atoms with E-state index >= 15 is 0 Å². The summed E-state index contributed by atoms with van der Waals surface area (Å²) in [5, 5.41) is 35.0. The molecule has 0 aromatic rings. The summed E-state index contributed by atoms with van der Waals surface area (Å²) in [6.45, 7) is 1.08. The fraction of sp³-hybridized carbons (Fsp3) is 0.800. The molecule has 2 unspecified atom stereocenters. The van der Waals surface area contributed by atoms with Crippen LogP contribution in [-0.2, 0) is 9.84 Å². The quantitative estimate of drug-likeness (QED) is 0.465. The van der Waals surface area contributed by atoms with Gasteiger partial charge in [-0.2, -0.15) is 0 Å². The van der Waals surface area contributed by atoms with Crippen molar-refractivity contribution in [2.24, 2.45) is 0 Å². The minimum absolute atomic E-state index is 0.258. The van der Waals surface area contributed by atoms with Crippen LogP contribution in [0.2, 0.25) is 0 Å². The molecule has 0 spiro atoms. The fourth-order valence-corrected chi connectivity index (χ4v) is 0.301. The zero-order valence-electron chi connectivity index (χ0n) is 5.52. The number of rotatable bonds is 4. The lowest BCUT2D eigenvalue weighted by Gasteiger charge is -2.11. The van der Waals surface area contributed by atoms with E-state index in [4.69, 9.17) is 15.3 Å². The highest BCUT2D eigenvalue weighted by Gasteiger charge is 2.15. The van der Waals surface area contributed by atoms with Crippen LogP contribution >= 0.6 is 0 Å². The van der Waals surface area contributed by atoms with E-state index in [2.05, 4.69) is 4.74 Å². The molecule has 0 aromatic carbocycles. The molecule has 5 nitrogen and oxygen atoms in total. The Balaban J connectivity index is 3.30. The number of ether oxygens (including phenoxy) is 1. The first kappa shape index (κ1) is 9.80. The zero-order chi connectivity index (χ0) is 8.15. The standard InChI is InChI=1S/C5H10O5/c1-3(6)2-10-5(9)4(7)8/h3,5,7-9H,2H2,1H3. The second kappa shape index (κ2) is 4.59. The van der Waals surface area contributed by atoms with Gasteiger partial charge in [0.05, 0.1) is 6.61 Å². The first-order chi connectivity index (χ1) is 4.54. The first-order valence-corrected chi connectivity index (χ1v) is 2.74. The summed E-state index contributed by atoms with van der Waals surface area (Å²) in [6, 6.07) is 0. The summed E-state index contributed by atoms with van der Waals surface area (Å²) in [5.74, 6) is 0. The molecule has 0 heterocycles. The van der Waals surface area contributed by atoms with E-state index in [0.29, 0.717) is 0 Å². The van der Waals surface area contributed by atoms with Crippen LogP contribution < -0.4 is 0 Å². The van der Waals surface area contributed by atoms with Crippen LogP contribution in [0.1, 0.15) is 6.92 Å². The van der Waals surface area contributed by atoms with Gasteiger partial charge >= 0.3 is 0 Å². The Bertz CT molecular complexity index is 82.1. The molecule has 10 heavy (non-hydrogen) atoms. The van der Waals surface area contributed by atoms with Crippen LogP contribution in [0.15, 0.2) is 0 Å². The summed E-state index contributed by atoms with van der Waals surface area (Å²) >= 11 is 0. The minimum atomic E-state index is -1.77. The fourth-order valence-electron chi connectivity index (χ4n) is 0.301. The van der Waals surface area contributed by atoms with E-state index in [-0.39, 0.29) is 6.61 Å². The number of aliphatic hydroxyl groups is 3. The molecule has 60 valence electrons. The maximum absolute atomic E-state index is 10.2. The van der Waals surface area contributed by atoms with Crippen molar-refractivity contribution in [1.82, 2.24) is 0 Å². The lowest BCUT2D eigenvalue weighted by Crippen LogP contribution is -2.24. The molecule has 2 radical (unpaired) electrons. The van der Waals surface area contributed by atoms with E-state index < -0.39 is 18.7 Å².